The van der Waals surface area contributed by atoms with Crippen LogP contribution in [0.2, 0.25) is 0 Å². The van der Waals surface area contributed by atoms with E-state index in [0.717, 1.165) is 0 Å². The van der Waals surface area contributed by atoms with Crippen molar-refractivity contribution in [3.05, 3.63) is 37.5 Å². The topological polar surface area (TPSA) is 29.4 Å². The third kappa shape index (κ3) is 5.47. The summed E-state index contributed by atoms with van der Waals surface area (Å²) in [6.07, 6.45) is 3.05. The fourth-order valence-electron chi connectivity index (χ4n) is 0.435. The minimum Gasteiger partial charge on any atom is -0.266 e. The smallest absolute Gasteiger partial charge is 0.266 e. The molecular weight excluding hydrogens is 170 g/mol. The van der Waals surface area contributed by atoms with Gasteiger partial charge in [0, 0.05) is 5.57 Å². The number of rotatable bonds is 2. The maximum atomic E-state index is 10.8. The van der Waals surface area contributed by atoms with Crippen LogP contribution in [0.15, 0.2) is 42.5 Å². The van der Waals surface area contributed by atoms with Gasteiger partial charge in [0.25, 0.3) is 5.91 Å². The predicted molar refractivity (Wildman–Crippen MR) is 55.2 cm³/mol. The Hall–Kier alpha value is -1.31. The lowest BCUT2D eigenvalue weighted by Crippen LogP contribution is -1.93. The van der Waals surface area contributed by atoms with Gasteiger partial charge in [-0.25, -0.2) is 0 Å². The summed E-state index contributed by atoms with van der Waals surface area (Å²) in [4.78, 5) is 14.0. The van der Waals surface area contributed by atoms with E-state index >= 15 is 0 Å². The number of hydrogen-bond acceptors (Lipinski definition) is 2. The highest BCUT2D eigenvalue weighted by molar-refractivity contribution is 7.78. The van der Waals surface area contributed by atoms with Crippen LogP contribution in [0.5, 0.6) is 0 Å². The van der Waals surface area contributed by atoms with Crippen molar-refractivity contribution in [2.24, 2.45) is 4.99 Å². The van der Waals surface area contributed by atoms with Crippen molar-refractivity contribution in [2.45, 2.75) is 6.92 Å². The maximum Gasteiger partial charge on any atom is 0.285 e. The lowest BCUT2D eigenvalue weighted by Gasteiger charge is -1.88. The van der Waals surface area contributed by atoms with Gasteiger partial charge < -0.3 is 0 Å². The number of allylic oxidation sites excluding steroid dienone is 1. The summed E-state index contributed by atoms with van der Waals surface area (Å²) in [6.45, 7) is 11.2. The van der Waals surface area contributed by atoms with E-state index in [0.29, 0.717) is 5.57 Å². The molecule has 0 bridgehead atoms. The molecule has 0 unspecified atom stereocenters. The number of aliphatic imine (C=N–C) groups is 1. The lowest BCUT2D eigenvalue weighted by molar-refractivity contribution is -0.114. The number of isothiocyanates is 1. The predicted octanol–water partition coefficient (Wildman–Crippen LogP) is 2.55. The number of nitrogens with zero attached hydrogens (tertiary/aromatic N) is 1. The van der Waals surface area contributed by atoms with E-state index in [1.54, 1.807) is 13.0 Å². The molecule has 12 heavy (non-hydrogen) atoms. The minimum atomic E-state index is -0.396. The van der Waals surface area contributed by atoms with Crippen LogP contribution in [0.3, 0.4) is 0 Å². The Morgan fingerprint density at radius 3 is 2.33 bits per heavy atom. The van der Waals surface area contributed by atoms with Gasteiger partial charge in [-0.2, -0.15) is 4.99 Å². The lowest BCUT2D eigenvalue weighted by atomic mass is 10.2. The van der Waals surface area contributed by atoms with Gasteiger partial charge in [0.15, 0.2) is 0 Å². The highest BCUT2D eigenvalue weighted by Crippen LogP contribution is 1.96. The Labute approximate surface area is 78.0 Å². The second-order valence-electron chi connectivity index (χ2n) is 1.46. The van der Waals surface area contributed by atoms with Gasteiger partial charge in [-0.15, -0.1) is 13.2 Å². The van der Waals surface area contributed by atoms with Gasteiger partial charge in [0.05, 0.1) is 5.16 Å². The van der Waals surface area contributed by atoms with Crippen molar-refractivity contribution in [1.29, 1.82) is 0 Å². The number of thiocarbonyl (C=S) groups is 1. The molecule has 0 saturated carbocycles. The van der Waals surface area contributed by atoms with Crippen LogP contribution in [-0.2, 0) is 4.79 Å². The molecule has 0 rings (SSSR count). The normalized spacial score (nSPS) is 8.58. The number of carbonyl (C=O) groups is 1. The van der Waals surface area contributed by atoms with E-state index in [9.17, 15) is 4.79 Å². The number of hydrogen-bond donors (Lipinski definition) is 0. The van der Waals surface area contributed by atoms with E-state index in [1.807, 2.05) is 5.16 Å². The van der Waals surface area contributed by atoms with Crippen molar-refractivity contribution in [3.63, 3.8) is 0 Å². The standard InChI is InChI=1S/C7H7NOS.C2H4/c1-3-6(4-2)7(9)8-5-10;1-2/h3-4H,1H2,2H3;1-2H2/b6-4+;. The van der Waals surface area contributed by atoms with Crippen LogP contribution in [0, 0.1) is 0 Å². The van der Waals surface area contributed by atoms with Crippen LogP contribution in [0.1, 0.15) is 6.92 Å². The van der Waals surface area contributed by atoms with Gasteiger partial charge in [-0.3, -0.25) is 4.79 Å². The minimum absolute atomic E-state index is 0.396. The molecule has 0 N–H and O–H groups in total. The van der Waals surface area contributed by atoms with Crippen molar-refractivity contribution >= 4 is 23.3 Å². The first kappa shape index (κ1) is 13.3. The zero-order chi connectivity index (χ0) is 9.98. The van der Waals surface area contributed by atoms with Crippen LogP contribution in [-0.4, -0.2) is 11.1 Å². The van der Waals surface area contributed by atoms with Crippen LogP contribution < -0.4 is 0 Å². The van der Waals surface area contributed by atoms with Crippen LogP contribution in [0.4, 0.5) is 0 Å². The van der Waals surface area contributed by atoms with Crippen molar-refractivity contribution < 1.29 is 4.79 Å². The molecule has 0 atom stereocenters. The Bertz CT molecular complexity index is 237. The molecular formula is C9H11NOS. The highest BCUT2D eigenvalue weighted by Gasteiger charge is 1.99. The fourth-order valence-corrected chi connectivity index (χ4v) is 0.518. The molecule has 1 amide bonds. The van der Waals surface area contributed by atoms with Gasteiger partial charge in [-0.05, 0) is 19.1 Å². The monoisotopic (exact) mass is 181 g/mol. The molecule has 0 saturated heterocycles. The van der Waals surface area contributed by atoms with Gasteiger partial charge in [0.2, 0.25) is 0 Å². The molecule has 0 aromatic carbocycles. The zero-order valence-corrected chi connectivity index (χ0v) is 7.86. The Kier molecular flexibility index (Phi) is 10.7. The fraction of sp³-hybridized carbons (Fsp3) is 0.111. The van der Waals surface area contributed by atoms with E-state index < -0.39 is 5.91 Å². The molecule has 3 heteroatoms. The summed E-state index contributed by atoms with van der Waals surface area (Å²) >= 11 is 4.24. The summed E-state index contributed by atoms with van der Waals surface area (Å²) in [5.74, 6) is -0.396. The average Bonchev–Trinajstić information content (AvgIpc) is 2.11. The van der Waals surface area contributed by atoms with Crippen LogP contribution >= 0.6 is 12.2 Å². The molecule has 64 valence electrons. The van der Waals surface area contributed by atoms with Crippen molar-refractivity contribution in [3.8, 4) is 0 Å². The zero-order valence-electron chi connectivity index (χ0n) is 7.04. The molecule has 2 nitrogen and oxygen atoms in total. The summed E-state index contributed by atoms with van der Waals surface area (Å²) in [6, 6.07) is 0. The first-order chi connectivity index (χ1) is 5.76. The third-order valence-corrected chi connectivity index (χ3v) is 1.02. The Morgan fingerprint density at radius 2 is 2.08 bits per heavy atom. The van der Waals surface area contributed by atoms with Gasteiger partial charge in [-0.1, -0.05) is 18.7 Å². The highest BCUT2D eigenvalue weighted by atomic mass is 32.1. The molecule has 0 aliphatic carbocycles. The SMILES string of the molecule is C=C.C=C/C(=C\C)C(=O)N=C=S. The number of amides is 1. The summed E-state index contributed by atoms with van der Waals surface area (Å²) in [5.41, 5.74) is 0.442. The molecule has 0 heterocycles. The average molecular weight is 181 g/mol. The molecule has 0 radical (unpaired) electrons. The molecule has 0 aromatic rings. The molecule has 0 aliphatic rings. The van der Waals surface area contributed by atoms with Crippen LogP contribution in [0.25, 0.3) is 0 Å². The quantitative estimate of drug-likeness (QED) is 0.215. The number of carbonyl (C=O) groups excluding carboxylic acids is 1. The summed E-state index contributed by atoms with van der Waals surface area (Å²) < 4.78 is 0. The van der Waals surface area contributed by atoms with E-state index in [1.165, 1.54) is 6.08 Å². The summed E-state index contributed by atoms with van der Waals surface area (Å²) in [5, 5.41) is 1.99. The van der Waals surface area contributed by atoms with Crippen molar-refractivity contribution in [2.75, 3.05) is 0 Å². The van der Waals surface area contributed by atoms with Gasteiger partial charge in [0.1, 0.15) is 0 Å². The van der Waals surface area contributed by atoms with E-state index in [4.69, 9.17) is 0 Å². The molecule has 0 spiro atoms. The molecule has 0 aliphatic heterocycles. The summed E-state index contributed by atoms with van der Waals surface area (Å²) in [7, 11) is 0. The third-order valence-electron chi connectivity index (χ3n) is 0.925. The first-order valence-corrected chi connectivity index (χ1v) is 3.58. The first-order valence-electron chi connectivity index (χ1n) is 3.17. The maximum absolute atomic E-state index is 10.8. The molecule has 0 aromatic heterocycles. The Balaban J connectivity index is 0. The van der Waals surface area contributed by atoms with Gasteiger partial charge >= 0.3 is 0 Å². The largest absolute Gasteiger partial charge is 0.285 e. The van der Waals surface area contributed by atoms with E-state index in [-0.39, 0.29) is 0 Å². The second kappa shape index (κ2) is 9.69. The van der Waals surface area contributed by atoms with Crippen molar-refractivity contribution in [1.82, 2.24) is 0 Å². The van der Waals surface area contributed by atoms with E-state index in [2.05, 4.69) is 36.9 Å². The Morgan fingerprint density at radius 1 is 1.58 bits per heavy atom. The second-order valence-corrected chi connectivity index (χ2v) is 1.64. The molecule has 0 fully saturated rings.